The highest BCUT2D eigenvalue weighted by Gasteiger charge is 2.36. The minimum Gasteiger partial charge on any atom is -0.466 e. The van der Waals surface area contributed by atoms with Gasteiger partial charge in [-0.3, -0.25) is 4.79 Å². The van der Waals surface area contributed by atoms with Gasteiger partial charge in [-0.25, -0.2) is 0 Å². The van der Waals surface area contributed by atoms with Crippen molar-refractivity contribution < 1.29 is 9.53 Å². The average molecular weight is 278 g/mol. The van der Waals surface area contributed by atoms with Crippen LogP contribution in [0.1, 0.15) is 48.0 Å². The van der Waals surface area contributed by atoms with Crippen molar-refractivity contribution in [2.24, 2.45) is 11.3 Å². The molecule has 108 valence electrons. The van der Waals surface area contributed by atoms with Gasteiger partial charge in [-0.1, -0.05) is 20.8 Å². The third kappa shape index (κ3) is 6.60. The predicted molar refractivity (Wildman–Crippen MR) is 77.0 cm³/mol. The van der Waals surface area contributed by atoms with E-state index in [1.807, 2.05) is 6.92 Å². The van der Waals surface area contributed by atoms with Gasteiger partial charge in [0.25, 0.3) is 0 Å². The number of carbonyl (C=O) groups excluding carboxylic acids is 1. The Kier molecular flexibility index (Phi) is 7.23. The van der Waals surface area contributed by atoms with E-state index in [0.29, 0.717) is 12.5 Å². The van der Waals surface area contributed by atoms with Crippen molar-refractivity contribution >= 4 is 17.6 Å². The third-order valence-electron chi connectivity index (χ3n) is 3.03. The Labute approximate surface area is 117 Å². The lowest BCUT2D eigenvalue weighted by Gasteiger charge is -2.36. The van der Waals surface area contributed by atoms with Gasteiger partial charge in [0, 0.05) is 18.0 Å². The van der Waals surface area contributed by atoms with Crippen LogP contribution in [0.25, 0.3) is 0 Å². The van der Waals surface area contributed by atoms with Crippen LogP contribution >= 0.6 is 11.6 Å². The second-order valence-corrected chi connectivity index (χ2v) is 6.75. The van der Waals surface area contributed by atoms with E-state index >= 15 is 0 Å². The first kappa shape index (κ1) is 17.7. The summed E-state index contributed by atoms with van der Waals surface area (Å²) in [6, 6.07) is 0. The molecule has 0 rings (SSSR count). The van der Waals surface area contributed by atoms with Crippen LogP contribution in [0.15, 0.2) is 0 Å². The van der Waals surface area contributed by atoms with Gasteiger partial charge in [0.15, 0.2) is 0 Å². The molecule has 1 N–H and O–H groups in total. The van der Waals surface area contributed by atoms with Crippen LogP contribution < -0.4 is 5.32 Å². The zero-order chi connectivity index (χ0) is 14.4. The highest BCUT2D eigenvalue weighted by Crippen LogP contribution is 2.33. The van der Waals surface area contributed by atoms with Gasteiger partial charge in [-0.05, 0) is 32.6 Å². The smallest absolute Gasteiger partial charge is 0.309 e. The van der Waals surface area contributed by atoms with Crippen LogP contribution in [0.5, 0.6) is 0 Å². The molecule has 0 aliphatic heterocycles. The minimum absolute atomic E-state index is 0.105. The van der Waals surface area contributed by atoms with Crippen molar-refractivity contribution in [1.82, 2.24) is 5.32 Å². The van der Waals surface area contributed by atoms with Crippen LogP contribution in [0.3, 0.4) is 0 Å². The molecule has 0 heterocycles. The average Bonchev–Trinajstić information content (AvgIpc) is 2.22. The molecule has 18 heavy (non-hydrogen) atoms. The van der Waals surface area contributed by atoms with Gasteiger partial charge in [-0.2, -0.15) is 0 Å². The standard InChI is InChI=1S/C14H28ClNO2/c1-7-18-12(17)11(13(2,3)4)10-14(5,6)16-9-8-15/h11,16H,7-10H2,1-6H3. The van der Waals surface area contributed by atoms with Crippen molar-refractivity contribution in [2.45, 2.75) is 53.5 Å². The van der Waals surface area contributed by atoms with Crippen LogP contribution in [-0.2, 0) is 9.53 Å². The van der Waals surface area contributed by atoms with Crippen molar-refractivity contribution in [3.8, 4) is 0 Å². The zero-order valence-corrected chi connectivity index (χ0v) is 13.4. The largest absolute Gasteiger partial charge is 0.466 e. The highest BCUT2D eigenvalue weighted by atomic mass is 35.5. The first-order valence-electron chi connectivity index (χ1n) is 6.61. The maximum Gasteiger partial charge on any atom is 0.309 e. The summed E-state index contributed by atoms with van der Waals surface area (Å²) in [4.78, 5) is 12.1. The van der Waals surface area contributed by atoms with Gasteiger partial charge in [0.05, 0.1) is 12.5 Å². The lowest BCUT2D eigenvalue weighted by Crippen LogP contribution is -2.46. The molecular weight excluding hydrogens is 250 g/mol. The molecule has 0 radical (unpaired) electrons. The first-order chi connectivity index (χ1) is 8.14. The fourth-order valence-corrected chi connectivity index (χ4v) is 2.05. The molecule has 1 unspecified atom stereocenters. The summed E-state index contributed by atoms with van der Waals surface area (Å²) in [6.07, 6.45) is 0.742. The van der Waals surface area contributed by atoms with Crippen LogP contribution in [0, 0.1) is 11.3 Å². The second-order valence-electron chi connectivity index (χ2n) is 6.37. The molecule has 0 aromatic heterocycles. The maximum atomic E-state index is 12.1. The Morgan fingerprint density at radius 3 is 2.22 bits per heavy atom. The quantitative estimate of drug-likeness (QED) is 0.574. The monoisotopic (exact) mass is 277 g/mol. The Morgan fingerprint density at radius 2 is 1.83 bits per heavy atom. The Balaban J connectivity index is 4.74. The Bertz CT molecular complexity index is 259. The fraction of sp³-hybridized carbons (Fsp3) is 0.929. The molecule has 3 nitrogen and oxygen atoms in total. The zero-order valence-electron chi connectivity index (χ0n) is 12.6. The van der Waals surface area contributed by atoms with E-state index in [1.54, 1.807) is 0 Å². The number of rotatable bonds is 7. The predicted octanol–water partition coefficient (Wildman–Crippen LogP) is 3.21. The normalized spacial score (nSPS) is 14.4. The summed E-state index contributed by atoms with van der Waals surface area (Å²) in [5.74, 6) is 0.351. The van der Waals surface area contributed by atoms with Crippen molar-refractivity contribution in [3.63, 3.8) is 0 Å². The molecular formula is C14H28ClNO2. The molecule has 0 spiro atoms. The van der Waals surface area contributed by atoms with E-state index in [4.69, 9.17) is 16.3 Å². The molecule has 1 atom stereocenters. The Morgan fingerprint density at radius 1 is 1.28 bits per heavy atom. The van der Waals surface area contributed by atoms with Crippen molar-refractivity contribution in [3.05, 3.63) is 0 Å². The van der Waals surface area contributed by atoms with E-state index in [2.05, 4.69) is 39.9 Å². The van der Waals surface area contributed by atoms with E-state index in [-0.39, 0.29) is 22.8 Å². The molecule has 0 aliphatic carbocycles. The highest BCUT2D eigenvalue weighted by molar-refractivity contribution is 6.18. The molecule has 4 heteroatoms. The molecule has 0 aromatic carbocycles. The summed E-state index contributed by atoms with van der Waals surface area (Å²) >= 11 is 5.69. The SMILES string of the molecule is CCOC(=O)C(CC(C)(C)NCCCl)C(C)(C)C. The lowest BCUT2D eigenvalue weighted by molar-refractivity contribution is -0.153. The van der Waals surface area contributed by atoms with Gasteiger partial charge >= 0.3 is 5.97 Å². The molecule has 0 saturated carbocycles. The van der Waals surface area contributed by atoms with Crippen molar-refractivity contribution in [1.29, 1.82) is 0 Å². The molecule has 0 aliphatic rings. The van der Waals surface area contributed by atoms with Gasteiger partial charge in [0.1, 0.15) is 0 Å². The summed E-state index contributed by atoms with van der Waals surface area (Å²) in [5, 5.41) is 3.37. The molecule has 0 fully saturated rings. The molecule has 0 saturated heterocycles. The number of ether oxygens (including phenoxy) is 1. The van der Waals surface area contributed by atoms with E-state index < -0.39 is 0 Å². The van der Waals surface area contributed by atoms with Gasteiger partial charge < -0.3 is 10.1 Å². The third-order valence-corrected chi connectivity index (χ3v) is 3.22. The number of hydrogen-bond donors (Lipinski definition) is 1. The number of carbonyl (C=O) groups is 1. The topological polar surface area (TPSA) is 38.3 Å². The number of alkyl halides is 1. The van der Waals surface area contributed by atoms with E-state index in [1.165, 1.54) is 0 Å². The van der Waals surface area contributed by atoms with E-state index in [9.17, 15) is 4.79 Å². The molecule has 0 bridgehead atoms. The molecule has 0 aromatic rings. The maximum absolute atomic E-state index is 12.1. The number of halogens is 1. The fourth-order valence-electron chi connectivity index (χ4n) is 1.95. The second kappa shape index (κ2) is 7.34. The number of nitrogens with one attached hydrogen (secondary N) is 1. The summed E-state index contributed by atoms with van der Waals surface area (Å²) < 4.78 is 5.19. The lowest BCUT2D eigenvalue weighted by atomic mass is 9.74. The van der Waals surface area contributed by atoms with Crippen LogP contribution in [-0.4, -0.2) is 30.5 Å². The summed E-state index contributed by atoms with van der Waals surface area (Å²) in [6.45, 7) is 13.4. The van der Waals surface area contributed by atoms with Gasteiger partial charge in [0.2, 0.25) is 0 Å². The van der Waals surface area contributed by atoms with Gasteiger partial charge in [-0.15, -0.1) is 11.6 Å². The summed E-state index contributed by atoms with van der Waals surface area (Å²) in [7, 11) is 0. The van der Waals surface area contributed by atoms with Crippen LogP contribution in [0.2, 0.25) is 0 Å². The van der Waals surface area contributed by atoms with E-state index in [0.717, 1.165) is 13.0 Å². The number of esters is 1. The first-order valence-corrected chi connectivity index (χ1v) is 7.15. The molecule has 0 amide bonds. The number of hydrogen-bond acceptors (Lipinski definition) is 3. The Hall–Kier alpha value is -0.280. The minimum atomic E-state index is -0.125. The van der Waals surface area contributed by atoms with Crippen molar-refractivity contribution in [2.75, 3.05) is 19.0 Å². The van der Waals surface area contributed by atoms with Crippen LogP contribution in [0.4, 0.5) is 0 Å². The summed E-state index contributed by atoms with van der Waals surface area (Å²) in [5.41, 5.74) is -0.230.